The molecule has 0 saturated heterocycles. The third-order valence-corrected chi connectivity index (χ3v) is 16.2. The van der Waals surface area contributed by atoms with Gasteiger partial charge in [-0.05, 0) is 89.9 Å². The Morgan fingerprint density at radius 3 is 0.747 bits per heavy atom. The fourth-order valence-electron chi connectivity index (χ4n) is 10.8. The lowest BCUT2D eigenvalue weighted by Crippen LogP contribution is -2.30. The predicted octanol–water partition coefficient (Wildman–Crippen LogP) is 25.2. The second kappa shape index (κ2) is 71.3. The van der Waals surface area contributed by atoms with Gasteiger partial charge >= 0.3 is 17.9 Å². The van der Waals surface area contributed by atoms with Crippen molar-refractivity contribution >= 4 is 17.9 Å². The molecule has 0 spiro atoms. The van der Waals surface area contributed by atoms with Crippen molar-refractivity contribution < 1.29 is 28.6 Å². The van der Waals surface area contributed by atoms with Crippen LogP contribution in [0.1, 0.15) is 380 Å². The highest BCUT2D eigenvalue weighted by Gasteiger charge is 2.19. The summed E-state index contributed by atoms with van der Waals surface area (Å²) in [6.07, 6.45) is 93.7. The molecule has 0 heterocycles. The number of unbranched alkanes of at least 4 members (excludes halogenated alkanes) is 44. The Labute approximate surface area is 516 Å². The van der Waals surface area contributed by atoms with E-state index in [4.69, 9.17) is 14.2 Å². The van der Waals surface area contributed by atoms with Crippen molar-refractivity contribution in [1.82, 2.24) is 0 Å². The number of hydrogen-bond acceptors (Lipinski definition) is 6. The monoisotopic (exact) mass is 1160 g/mol. The first-order chi connectivity index (χ1) is 41.0. The van der Waals surface area contributed by atoms with Crippen LogP contribution < -0.4 is 0 Å². The van der Waals surface area contributed by atoms with Crippen molar-refractivity contribution in [3.8, 4) is 0 Å². The molecule has 0 aromatic carbocycles. The van der Waals surface area contributed by atoms with Gasteiger partial charge in [0.25, 0.3) is 0 Å². The van der Waals surface area contributed by atoms with Crippen molar-refractivity contribution in [3.05, 3.63) is 72.9 Å². The van der Waals surface area contributed by atoms with Gasteiger partial charge in [-0.25, -0.2) is 0 Å². The minimum absolute atomic E-state index is 0.0703. The maximum absolute atomic E-state index is 12.9. The number of hydrogen-bond donors (Lipinski definition) is 0. The minimum atomic E-state index is -0.775. The highest BCUT2D eigenvalue weighted by molar-refractivity contribution is 5.71. The van der Waals surface area contributed by atoms with E-state index in [9.17, 15) is 14.4 Å². The predicted molar refractivity (Wildman–Crippen MR) is 362 cm³/mol. The first kappa shape index (κ1) is 79.8. The molecule has 83 heavy (non-hydrogen) atoms. The molecule has 0 bridgehead atoms. The molecule has 1 atom stereocenters. The Morgan fingerprint density at radius 1 is 0.253 bits per heavy atom. The summed E-state index contributed by atoms with van der Waals surface area (Å²) in [5.74, 6) is -0.849. The summed E-state index contributed by atoms with van der Waals surface area (Å²) in [5, 5.41) is 0. The quantitative estimate of drug-likeness (QED) is 0.0261. The zero-order valence-electron chi connectivity index (χ0n) is 55.5. The molecule has 0 aliphatic carbocycles. The molecule has 0 fully saturated rings. The van der Waals surface area contributed by atoms with E-state index in [1.165, 1.54) is 250 Å². The lowest BCUT2D eigenvalue weighted by atomic mass is 10.0. The van der Waals surface area contributed by atoms with Crippen LogP contribution in [0.3, 0.4) is 0 Å². The number of ether oxygens (including phenoxy) is 3. The Hall–Kier alpha value is -3.15. The maximum Gasteiger partial charge on any atom is 0.306 e. The summed E-state index contributed by atoms with van der Waals surface area (Å²) in [6, 6.07) is 0. The fraction of sp³-hybridized carbons (Fsp3) is 0.805. The zero-order valence-corrected chi connectivity index (χ0v) is 55.5. The molecular weight excluding hydrogens is 1020 g/mol. The van der Waals surface area contributed by atoms with Gasteiger partial charge in [0, 0.05) is 19.3 Å². The molecule has 0 rings (SSSR count). The molecule has 0 aromatic rings. The average Bonchev–Trinajstić information content (AvgIpc) is 3.49. The molecule has 0 aliphatic rings. The molecule has 0 amide bonds. The number of carbonyl (C=O) groups is 3. The lowest BCUT2D eigenvalue weighted by molar-refractivity contribution is -0.167. The van der Waals surface area contributed by atoms with Crippen molar-refractivity contribution in [2.75, 3.05) is 13.2 Å². The van der Waals surface area contributed by atoms with Crippen LogP contribution in [0.5, 0.6) is 0 Å². The van der Waals surface area contributed by atoms with Crippen LogP contribution in [0.2, 0.25) is 0 Å². The van der Waals surface area contributed by atoms with Gasteiger partial charge in [-0.1, -0.05) is 344 Å². The molecule has 0 aliphatic heterocycles. The first-order valence-electron chi connectivity index (χ1n) is 36.4. The second-order valence-corrected chi connectivity index (χ2v) is 24.5. The van der Waals surface area contributed by atoms with Crippen LogP contribution >= 0.6 is 0 Å². The zero-order chi connectivity index (χ0) is 59.9. The Morgan fingerprint density at radius 2 is 0.470 bits per heavy atom. The van der Waals surface area contributed by atoms with E-state index in [0.29, 0.717) is 19.3 Å². The van der Waals surface area contributed by atoms with E-state index in [0.717, 1.165) is 89.9 Å². The van der Waals surface area contributed by atoms with Gasteiger partial charge in [0.05, 0.1) is 0 Å². The normalized spacial score (nSPS) is 12.5. The lowest BCUT2D eigenvalue weighted by Gasteiger charge is -2.18. The maximum atomic E-state index is 12.9. The van der Waals surface area contributed by atoms with Crippen molar-refractivity contribution in [2.24, 2.45) is 0 Å². The van der Waals surface area contributed by atoms with Gasteiger partial charge in [0.15, 0.2) is 6.10 Å². The van der Waals surface area contributed by atoms with Crippen LogP contribution in [0, 0.1) is 0 Å². The summed E-state index contributed by atoms with van der Waals surface area (Å²) in [5.41, 5.74) is 0. The van der Waals surface area contributed by atoms with Crippen molar-refractivity contribution in [3.63, 3.8) is 0 Å². The van der Waals surface area contributed by atoms with Crippen molar-refractivity contribution in [1.29, 1.82) is 0 Å². The molecular formula is C77H138O6. The summed E-state index contributed by atoms with van der Waals surface area (Å²) < 4.78 is 17.0. The highest BCUT2D eigenvalue weighted by Crippen LogP contribution is 2.18. The van der Waals surface area contributed by atoms with Gasteiger partial charge in [-0.15, -0.1) is 0 Å². The third kappa shape index (κ3) is 69.5. The smallest absolute Gasteiger partial charge is 0.306 e. The third-order valence-electron chi connectivity index (χ3n) is 16.2. The topological polar surface area (TPSA) is 78.9 Å². The minimum Gasteiger partial charge on any atom is -0.462 e. The van der Waals surface area contributed by atoms with E-state index in [1.54, 1.807) is 0 Å². The Bertz CT molecular complexity index is 1520. The molecule has 6 heteroatoms. The van der Waals surface area contributed by atoms with E-state index >= 15 is 0 Å². The Balaban J connectivity index is 4.18. The van der Waals surface area contributed by atoms with Crippen LogP contribution in [0.25, 0.3) is 0 Å². The van der Waals surface area contributed by atoms with Gasteiger partial charge in [-0.2, -0.15) is 0 Å². The number of rotatable bonds is 67. The number of allylic oxidation sites excluding steroid dienone is 12. The van der Waals surface area contributed by atoms with Gasteiger partial charge < -0.3 is 14.2 Å². The van der Waals surface area contributed by atoms with E-state index in [-0.39, 0.29) is 31.1 Å². The highest BCUT2D eigenvalue weighted by atomic mass is 16.6. The number of esters is 3. The SMILES string of the molecule is CC/C=C\C/C=C\C/C=C\C/C=C\C/C=C\CCCCCCCCCCCCCCCCCCCC(=O)OCC(COC(=O)CCCCCCCCCCCCCCCCC)OC(=O)CCCCCCCCC/C=C\CCCCCCCC. The fourth-order valence-corrected chi connectivity index (χ4v) is 10.8. The molecule has 0 N–H and O–H groups in total. The summed E-state index contributed by atoms with van der Waals surface area (Å²) in [6.45, 7) is 6.58. The molecule has 0 radical (unpaired) electrons. The van der Waals surface area contributed by atoms with Crippen LogP contribution in [0.4, 0.5) is 0 Å². The molecule has 6 nitrogen and oxygen atoms in total. The van der Waals surface area contributed by atoms with Crippen molar-refractivity contribution in [2.45, 2.75) is 386 Å². The molecule has 0 saturated carbocycles. The van der Waals surface area contributed by atoms with Gasteiger partial charge in [0.1, 0.15) is 13.2 Å². The second-order valence-electron chi connectivity index (χ2n) is 24.5. The van der Waals surface area contributed by atoms with E-state index < -0.39 is 6.10 Å². The first-order valence-corrected chi connectivity index (χ1v) is 36.4. The standard InChI is InChI=1S/C77H138O6/c1-4-7-10-13-16-19-22-25-28-30-31-32-33-34-35-36-37-38-39-40-41-42-43-44-45-47-49-52-55-58-61-64-67-70-76(79)82-73-74(72-81-75(78)69-66-63-60-57-54-51-48-27-24-21-18-15-12-9-6-3)83-77(80)71-68-65-62-59-56-53-50-46-29-26-23-20-17-14-11-8-5-2/h7,10,16,19,25-26,28-29,31-32,34-35,74H,4-6,8-9,11-15,17-18,20-24,27,30,33,36-73H2,1-3H3/b10-7-,19-16-,28-25-,29-26-,32-31-,35-34-. The summed E-state index contributed by atoms with van der Waals surface area (Å²) in [4.78, 5) is 38.4. The number of carbonyl (C=O) groups excluding carboxylic acids is 3. The molecule has 1 unspecified atom stereocenters. The largest absolute Gasteiger partial charge is 0.462 e. The van der Waals surface area contributed by atoms with Gasteiger partial charge in [0.2, 0.25) is 0 Å². The van der Waals surface area contributed by atoms with E-state index in [1.807, 2.05) is 0 Å². The molecule has 0 aromatic heterocycles. The van der Waals surface area contributed by atoms with Crippen LogP contribution in [0.15, 0.2) is 72.9 Å². The van der Waals surface area contributed by atoms with Crippen LogP contribution in [-0.4, -0.2) is 37.2 Å². The molecule has 482 valence electrons. The Kier molecular flexibility index (Phi) is 68.6. The average molecular weight is 1160 g/mol. The van der Waals surface area contributed by atoms with Crippen LogP contribution in [-0.2, 0) is 28.6 Å². The van der Waals surface area contributed by atoms with E-state index in [2.05, 4.69) is 93.7 Å². The summed E-state index contributed by atoms with van der Waals surface area (Å²) >= 11 is 0. The summed E-state index contributed by atoms with van der Waals surface area (Å²) in [7, 11) is 0. The van der Waals surface area contributed by atoms with Gasteiger partial charge in [-0.3, -0.25) is 14.4 Å².